The molecule has 2 aromatic carbocycles. The lowest BCUT2D eigenvalue weighted by Crippen LogP contribution is -2.55. The van der Waals surface area contributed by atoms with Crippen LogP contribution in [0.15, 0.2) is 66.9 Å². The molecule has 1 aliphatic rings. The number of ether oxygens (including phenoxy) is 1. The highest BCUT2D eigenvalue weighted by Crippen LogP contribution is 2.31. The number of carbonyl (C=O) groups is 1. The molecule has 0 saturated carbocycles. The lowest BCUT2D eigenvalue weighted by molar-refractivity contribution is 0.0158. The molecule has 1 aliphatic heterocycles. The van der Waals surface area contributed by atoms with Crippen LogP contribution in [0.25, 0.3) is 22.5 Å². The predicted octanol–water partition coefficient (Wildman–Crippen LogP) is 5.26. The van der Waals surface area contributed by atoms with Crippen LogP contribution in [0.2, 0.25) is 0 Å². The molecule has 1 atom stereocenters. The van der Waals surface area contributed by atoms with Gasteiger partial charge in [-0.25, -0.2) is 9.78 Å². The maximum atomic E-state index is 12.6. The molecule has 1 saturated heterocycles. The molecule has 0 radical (unpaired) electrons. The zero-order chi connectivity index (χ0) is 22.7. The molecule has 3 aromatic rings. The summed E-state index contributed by atoms with van der Waals surface area (Å²) < 4.78 is 5.57. The van der Waals surface area contributed by atoms with Crippen molar-refractivity contribution in [2.75, 3.05) is 24.5 Å². The maximum absolute atomic E-state index is 12.6. The molecular formula is C26H30N4O2. The molecule has 6 heteroatoms. The van der Waals surface area contributed by atoms with Gasteiger partial charge in [-0.3, -0.25) is 4.98 Å². The second-order valence-corrected chi connectivity index (χ2v) is 9.13. The van der Waals surface area contributed by atoms with E-state index in [0.29, 0.717) is 19.6 Å². The minimum atomic E-state index is -0.503. The third kappa shape index (κ3) is 4.90. The van der Waals surface area contributed by atoms with E-state index in [1.165, 1.54) is 0 Å². The second-order valence-electron chi connectivity index (χ2n) is 9.13. The zero-order valence-corrected chi connectivity index (χ0v) is 19.2. The molecule has 0 aliphatic carbocycles. The molecule has 166 valence electrons. The number of carbonyl (C=O) groups excluding carboxylic acids is 1. The van der Waals surface area contributed by atoms with E-state index < -0.39 is 5.60 Å². The monoisotopic (exact) mass is 430 g/mol. The Balaban J connectivity index is 1.61. The molecule has 1 amide bonds. The average molecular weight is 431 g/mol. The quantitative estimate of drug-likeness (QED) is 0.568. The molecule has 1 fully saturated rings. The van der Waals surface area contributed by atoms with Gasteiger partial charge in [-0.1, -0.05) is 60.7 Å². The fourth-order valence-corrected chi connectivity index (χ4v) is 3.89. The Hall–Kier alpha value is -3.41. The summed E-state index contributed by atoms with van der Waals surface area (Å²) in [6, 6.07) is 20.3. The van der Waals surface area contributed by atoms with Gasteiger partial charge < -0.3 is 14.5 Å². The van der Waals surface area contributed by atoms with Crippen molar-refractivity contribution in [3.63, 3.8) is 0 Å². The Kier molecular flexibility index (Phi) is 6.12. The van der Waals surface area contributed by atoms with Crippen LogP contribution in [0, 0.1) is 0 Å². The number of hydrogen-bond acceptors (Lipinski definition) is 5. The summed E-state index contributed by atoms with van der Waals surface area (Å²) in [5, 5.41) is 0. The van der Waals surface area contributed by atoms with Gasteiger partial charge in [0.25, 0.3) is 0 Å². The van der Waals surface area contributed by atoms with Crippen molar-refractivity contribution in [3.05, 3.63) is 66.9 Å². The second kappa shape index (κ2) is 8.99. The van der Waals surface area contributed by atoms with Gasteiger partial charge in [0.2, 0.25) is 0 Å². The van der Waals surface area contributed by atoms with Crippen molar-refractivity contribution in [2.24, 2.45) is 0 Å². The van der Waals surface area contributed by atoms with Gasteiger partial charge in [0.05, 0.1) is 17.6 Å². The number of rotatable bonds is 3. The van der Waals surface area contributed by atoms with Crippen LogP contribution in [-0.4, -0.2) is 52.2 Å². The zero-order valence-electron chi connectivity index (χ0n) is 19.2. The molecule has 1 unspecified atom stereocenters. The number of aromatic nitrogens is 2. The first-order valence-electron chi connectivity index (χ1n) is 11.0. The number of benzene rings is 2. The van der Waals surface area contributed by atoms with Crippen LogP contribution >= 0.6 is 0 Å². The van der Waals surface area contributed by atoms with Crippen LogP contribution in [0.1, 0.15) is 27.7 Å². The summed E-state index contributed by atoms with van der Waals surface area (Å²) >= 11 is 0. The summed E-state index contributed by atoms with van der Waals surface area (Å²) in [4.78, 5) is 26.4. The van der Waals surface area contributed by atoms with Gasteiger partial charge >= 0.3 is 6.09 Å². The van der Waals surface area contributed by atoms with Crippen molar-refractivity contribution in [3.8, 4) is 22.5 Å². The maximum Gasteiger partial charge on any atom is 0.410 e. The lowest BCUT2D eigenvalue weighted by atomic mass is 10.0. The summed E-state index contributed by atoms with van der Waals surface area (Å²) in [7, 11) is 0. The van der Waals surface area contributed by atoms with Crippen LogP contribution < -0.4 is 4.90 Å². The number of hydrogen-bond donors (Lipinski definition) is 0. The van der Waals surface area contributed by atoms with Crippen LogP contribution in [-0.2, 0) is 4.74 Å². The van der Waals surface area contributed by atoms with Crippen LogP contribution in [0.5, 0.6) is 0 Å². The number of anilines is 1. The van der Waals surface area contributed by atoms with Crippen molar-refractivity contribution in [2.45, 2.75) is 39.3 Å². The van der Waals surface area contributed by atoms with Gasteiger partial charge in [-0.15, -0.1) is 0 Å². The first kappa shape index (κ1) is 21.8. The number of amides is 1. The van der Waals surface area contributed by atoms with Crippen molar-refractivity contribution >= 4 is 11.9 Å². The summed E-state index contributed by atoms with van der Waals surface area (Å²) in [6.07, 6.45) is 1.57. The summed E-state index contributed by atoms with van der Waals surface area (Å²) in [5.41, 5.74) is 3.28. The van der Waals surface area contributed by atoms with Gasteiger partial charge in [0.1, 0.15) is 11.4 Å². The standard InChI is InChI=1S/C26H30N4O2/c1-19-18-29(15-16-30(19)25(31)32-26(2,3)4)22-17-27-23(20-11-7-5-8-12-20)24(28-22)21-13-9-6-10-14-21/h5-14,17,19H,15-16,18H2,1-4H3. The van der Waals surface area contributed by atoms with Crippen LogP contribution in [0.4, 0.5) is 10.6 Å². The minimum absolute atomic E-state index is 0.00868. The molecule has 32 heavy (non-hydrogen) atoms. The highest BCUT2D eigenvalue weighted by molar-refractivity contribution is 5.78. The summed E-state index contributed by atoms with van der Waals surface area (Å²) in [6.45, 7) is 9.64. The third-order valence-electron chi connectivity index (χ3n) is 5.43. The van der Waals surface area contributed by atoms with Gasteiger partial charge in [-0.2, -0.15) is 0 Å². The Morgan fingerprint density at radius 1 is 0.938 bits per heavy atom. The van der Waals surface area contributed by atoms with E-state index in [0.717, 1.165) is 28.3 Å². The van der Waals surface area contributed by atoms with E-state index >= 15 is 0 Å². The lowest BCUT2D eigenvalue weighted by Gasteiger charge is -2.40. The molecule has 6 nitrogen and oxygen atoms in total. The highest BCUT2D eigenvalue weighted by atomic mass is 16.6. The molecule has 2 heterocycles. The number of piperazine rings is 1. The Morgan fingerprint density at radius 2 is 1.53 bits per heavy atom. The van der Waals surface area contributed by atoms with Gasteiger partial charge in [0.15, 0.2) is 0 Å². The SMILES string of the molecule is CC1CN(c2cnc(-c3ccccc3)c(-c3ccccc3)n2)CCN1C(=O)OC(C)(C)C. The smallest absolute Gasteiger partial charge is 0.410 e. The summed E-state index contributed by atoms with van der Waals surface area (Å²) in [5.74, 6) is 0.819. The van der Waals surface area contributed by atoms with Gasteiger partial charge in [0, 0.05) is 36.8 Å². The van der Waals surface area contributed by atoms with Crippen LogP contribution in [0.3, 0.4) is 0 Å². The largest absolute Gasteiger partial charge is 0.444 e. The van der Waals surface area contributed by atoms with E-state index in [1.807, 2.05) is 70.3 Å². The molecule has 4 rings (SSSR count). The molecular weight excluding hydrogens is 400 g/mol. The first-order chi connectivity index (χ1) is 15.3. The third-order valence-corrected chi connectivity index (χ3v) is 5.43. The Morgan fingerprint density at radius 3 is 2.09 bits per heavy atom. The van der Waals surface area contributed by atoms with E-state index in [2.05, 4.69) is 29.2 Å². The minimum Gasteiger partial charge on any atom is -0.444 e. The normalized spacial score (nSPS) is 16.7. The van der Waals surface area contributed by atoms with Crippen molar-refractivity contribution in [1.82, 2.24) is 14.9 Å². The topological polar surface area (TPSA) is 58.6 Å². The highest BCUT2D eigenvalue weighted by Gasteiger charge is 2.31. The predicted molar refractivity (Wildman–Crippen MR) is 128 cm³/mol. The molecule has 0 bridgehead atoms. The molecule has 1 aromatic heterocycles. The fraction of sp³-hybridized carbons (Fsp3) is 0.346. The van der Waals surface area contributed by atoms with Crippen molar-refractivity contribution < 1.29 is 9.53 Å². The number of nitrogens with zero attached hydrogens (tertiary/aromatic N) is 4. The Labute approximate surface area is 189 Å². The van der Waals surface area contributed by atoms with E-state index in [4.69, 9.17) is 14.7 Å². The molecule has 0 spiro atoms. The van der Waals surface area contributed by atoms with Crippen molar-refractivity contribution in [1.29, 1.82) is 0 Å². The van der Waals surface area contributed by atoms with Gasteiger partial charge in [-0.05, 0) is 27.7 Å². The first-order valence-corrected chi connectivity index (χ1v) is 11.0. The van der Waals surface area contributed by atoms with E-state index in [-0.39, 0.29) is 12.1 Å². The van der Waals surface area contributed by atoms with E-state index in [1.54, 1.807) is 4.90 Å². The average Bonchev–Trinajstić information content (AvgIpc) is 2.78. The molecule has 0 N–H and O–H groups in total. The Bertz CT molecular complexity index is 1060. The van der Waals surface area contributed by atoms with E-state index in [9.17, 15) is 4.79 Å². The fourth-order valence-electron chi connectivity index (χ4n) is 3.89.